The van der Waals surface area contributed by atoms with Gasteiger partial charge in [-0.1, -0.05) is 36.4 Å². The average Bonchev–Trinajstić information content (AvgIpc) is 3.28. The molecule has 2 heterocycles. The van der Waals surface area contributed by atoms with Crippen LogP contribution in [0.1, 0.15) is 42.9 Å². The van der Waals surface area contributed by atoms with Gasteiger partial charge in [0.2, 0.25) is 5.91 Å². The number of amides is 3. The maximum Gasteiger partial charge on any atom is 0.341 e. The molecule has 0 atom stereocenters. The van der Waals surface area contributed by atoms with Crippen LogP contribution in [0.3, 0.4) is 0 Å². The van der Waals surface area contributed by atoms with Gasteiger partial charge in [0.15, 0.2) is 0 Å². The zero-order valence-electron chi connectivity index (χ0n) is 18.7. The Morgan fingerprint density at radius 3 is 2.43 bits per heavy atom. The molecule has 0 radical (unpaired) electrons. The first-order chi connectivity index (χ1) is 16.7. The smallest absolute Gasteiger partial charge is 0.341 e. The molecule has 10 nitrogen and oxygen atoms in total. The Labute approximate surface area is 203 Å². The van der Waals surface area contributed by atoms with Gasteiger partial charge < -0.3 is 10.1 Å². The van der Waals surface area contributed by atoms with Crippen molar-refractivity contribution >= 4 is 45.7 Å². The Morgan fingerprint density at radius 1 is 1.06 bits per heavy atom. The van der Waals surface area contributed by atoms with Crippen molar-refractivity contribution < 1.29 is 28.8 Å². The van der Waals surface area contributed by atoms with E-state index in [2.05, 4.69) is 5.32 Å². The van der Waals surface area contributed by atoms with Crippen molar-refractivity contribution in [2.24, 2.45) is 0 Å². The fourth-order valence-electron chi connectivity index (χ4n) is 3.90. The van der Waals surface area contributed by atoms with Crippen molar-refractivity contribution in [2.45, 2.75) is 13.8 Å². The molecule has 0 unspecified atom stereocenters. The summed E-state index contributed by atoms with van der Waals surface area (Å²) in [5, 5.41) is 14.1. The molecule has 1 aliphatic rings. The molecule has 1 aromatic heterocycles. The second-order valence-electron chi connectivity index (χ2n) is 7.53. The van der Waals surface area contributed by atoms with Gasteiger partial charge in [-0.05, 0) is 25.5 Å². The highest BCUT2D eigenvalue weighted by molar-refractivity contribution is 7.17. The first-order valence-electron chi connectivity index (χ1n) is 10.5. The minimum absolute atomic E-state index is 0.128. The minimum Gasteiger partial charge on any atom is -0.462 e. The molecule has 0 bridgehead atoms. The van der Waals surface area contributed by atoms with Crippen LogP contribution in [-0.4, -0.2) is 46.7 Å². The number of carbonyl (C=O) groups is 4. The van der Waals surface area contributed by atoms with Crippen molar-refractivity contribution in [3.05, 3.63) is 80.2 Å². The highest BCUT2D eigenvalue weighted by atomic mass is 32.1. The Bertz CT molecular complexity index is 1380. The van der Waals surface area contributed by atoms with Crippen molar-refractivity contribution in [3.8, 4) is 11.1 Å². The first-order valence-corrected chi connectivity index (χ1v) is 11.4. The zero-order chi connectivity index (χ0) is 25.3. The van der Waals surface area contributed by atoms with Crippen LogP contribution in [0.5, 0.6) is 0 Å². The minimum atomic E-state index is -0.926. The Balaban J connectivity index is 1.63. The maximum absolute atomic E-state index is 12.9. The normalized spacial score (nSPS) is 12.5. The fraction of sp³-hybridized carbons (Fsp3) is 0.167. The number of anilines is 1. The summed E-state index contributed by atoms with van der Waals surface area (Å²) in [5.74, 6) is -3.09. The molecule has 1 aliphatic heterocycles. The standard InChI is InChI=1S/C24H19N3O7S/c1-3-34-24(31)20-18(14-8-5-4-6-9-14)13(2)35-21(20)25-17(28)12-26-22(29)15-10-7-11-16(27(32)33)19(15)23(26)30/h4-11H,3,12H2,1-2H3,(H,25,28). The number of nitro groups is 1. The highest BCUT2D eigenvalue weighted by Gasteiger charge is 2.41. The van der Waals surface area contributed by atoms with E-state index in [1.165, 1.54) is 12.1 Å². The van der Waals surface area contributed by atoms with E-state index in [1.54, 1.807) is 13.8 Å². The van der Waals surface area contributed by atoms with Crippen LogP contribution in [0.2, 0.25) is 0 Å². The molecule has 1 N–H and O–H groups in total. The largest absolute Gasteiger partial charge is 0.462 e. The van der Waals surface area contributed by atoms with Crippen LogP contribution in [0.4, 0.5) is 10.7 Å². The van der Waals surface area contributed by atoms with Gasteiger partial charge in [0, 0.05) is 16.5 Å². The van der Waals surface area contributed by atoms with E-state index in [0.29, 0.717) is 10.5 Å². The van der Waals surface area contributed by atoms with Gasteiger partial charge in [-0.2, -0.15) is 0 Å². The van der Waals surface area contributed by atoms with Gasteiger partial charge in [-0.25, -0.2) is 4.79 Å². The lowest BCUT2D eigenvalue weighted by molar-refractivity contribution is -0.385. The molecular formula is C24H19N3O7S. The molecule has 0 saturated heterocycles. The summed E-state index contributed by atoms with van der Waals surface area (Å²) in [6, 6.07) is 12.9. The molecule has 0 aliphatic carbocycles. The number of imide groups is 1. The number of nitrogens with zero attached hydrogens (tertiary/aromatic N) is 2. The topological polar surface area (TPSA) is 136 Å². The number of hydrogen-bond donors (Lipinski definition) is 1. The van der Waals surface area contributed by atoms with Crippen LogP contribution >= 0.6 is 11.3 Å². The van der Waals surface area contributed by atoms with E-state index in [1.807, 2.05) is 30.3 Å². The van der Waals surface area contributed by atoms with Gasteiger partial charge in [0.1, 0.15) is 22.7 Å². The quantitative estimate of drug-likeness (QED) is 0.227. The van der Waals surface area contributed by atoms with Crippen LogP contribution in [-0.2, 0) is 9.53 Å². The number of ether oxygens (including phenoxy) is 1. The van der Waals surface area contributed by atoms with Crippen molar-refractivity contribution in [3.63, 3.8) is 0 Å². The molecule has 4 rings (SSSR count). The zero-order valence-corrected chi connectivity index (χ0v) is 19.5. The summed E-state index contributed by atoms with van der Waals surface area (Å²) in [5.41, 5.74) is 0.559. The Kier molecular flexibility index (Phi) is 6.43. The molecule has 0 saturated carbocycles. The van der Waals surface area contributed by atoms with E-state index < -0.39 is 40.8 Å². The average molecular weight is 493 g/mol. The number of aryl methyl sites for hydroxylation is 1. The lowest BCUT2D eigenvalue weighted by Gasteiger charge is -2.14. The summed E-state index contributed by atoms with van der Waals surface area (Å²) in [4.78, 5) is 63.1. The molecule has 3 aromatic rings. The molecule has 2 aromatic carbocycles. The number of nitrogens with one attached hydrogen (secondary N) is 1. The van der Waals surface area contributed by atoms with Gasteiger partial charge >= 0.3 is 5.97 Å². The lowest BCUT2D eigenvalue weighted by Crippen LogP contribution is -2.37. The Hall–Kier alpha value is -4.38. The highest BCUT2D eigenvalue weighted by Crippen LogP contribution is 2.40. The summed E-state index contributed by atoms with van der Waals surface area (Å²) < 4.78 is 5.21. The van der Waals surface area contributed by atoms with Crippen molar-refractivity contribution in [1.82, 2.24) is 4.90 Å². The maximum atomic E-state index is 12.9. The molecule has 178 valence electrons. The summed E-state index contributed by atoms with van der Waals surface area (Å²) in [7, 11) is 0. The van der Waals surface area contributed by atoms with E-state index in [-0.39, 0.29) is 28.3 Å². The van der Waals surface area contributed by atoms with Crippen LogP contribution in [0, 0.1) is 17.0 Å². The Morgan fingerprint density at radius 2 is 1.77 bits per heavy atom. The van der Waals surface area contributed by atoms with Crippen LogP contribution < -0.4 is 5.32 Å². The third-order valence-corrected chi connectivity index (χ3v) is 6.38. The molecule has 3 amide bonds. The van der Waals surface area contributed by atoms with E-state index in [0.717, 1.165) is 27.8 Å². The number of fused-ring (bicyclic) bond motifs is 1. The number of rotatable bonds is 7. The van der Waals surface area contributed by atoms with Gasteiger partial charge in [0.25, 0.3) is 17.5 Å². The molecule has 0 spiro atoms. The van der Waals surface area contributed by atoms with Gasteiger partial charge in [-0.15, -0.1) is 11.3 Å². The fourth-order valence-corrected chi connectivity index (χ4v) is 4.98. The SMILES string of the molecule is CCOC(=O)c1c(NC(=O)CN2C(=O)c3cccc([N+](=O)[O-])c3C2=O)sc(C)c1-c1ccccc1. The number of hydrogen-bond acceptors (Lipinski definition) is 8. The predicted octanol–water partition coefficient (Wildman–Crippen LogP) is 4.04. The van der Waals surface area contributed by atoms with E-state index in [9.17, 15) is 29.3 Å². The van der Waals surface area contributed by atoms with Crippen LogP contribution in [0.15, 0.2) is 48.5 Å². The van der Waals surface area contributed by atoms with Crippen molar-refractivity contribution in [1.29, 1.82) is 0 Å². The van der Waals surface area contributed by atoms with Crippen molar-refractivity contribution in [2.75, 3.05) is 18.5 Å². The number of benzene rings is 2. The monoisotopic (exact) mass is 493 g/mol. The van der Waals surface area contributed by atoms with E-state index >= 15 is 0 Å². The third-order valence-electron chi connectivity index (χ3n) is 5.35. The predicted molar refractivity (Wildman–Crippen MR) is 128 cm³/mol. The third kappa shape index (κ3) is 4.28. The summed E-state index contributed by atoms with van der Waals surface area (Å²) in [6.07, 6.45) is 0. The van der Waals surface area contributed by atoms with E-state index in [4.69, 9.17) is 4.74 Å². The summed E-state index contributed by atoms with van der Waals surface area (Å²) >= 11 is 1.16. The molecule has 35 heavy (non-hydrogen) atoms. The second-order valence-corrected chi connectivity index (χ2v) is 8.75. The second kappa shape index (κ2) is 9.47. The number of carbonyl (C=O) groups excluding carboxylic acids is 4. The van der Waals surface area contributed by atoms with Crippen LogP contribution in [0.25, 0.3) is 11.1 Å². The first kappa shape index (κ1) is 23.8. The number of esters is 1. The van der Waals surface area contributed by atoms with Gasteiger partial charge in [-0.3, -0.25) is 29.4 Å². The molecule has 11 heteroatoms. The lowest BCUT2D eigenvalue weighted by atomic mass is 10.0. The summed E-state index contributed by atoms with van der Waals surface area (Å²) in [6.45, 7) is 2.92. The number of nitro benzene ring substituents is 1. The number of thiophene rings is 1. The van der Waals surface area contributed by atoms with Gasteiger partial charge in [0.05, 0.1) is 17.1 Å². The molecular weight excluding hydrogens is 474 g/mol. The molecule has 0 fully saturated rings.